The van der Waals surface area contributed by atoms with E-state index >= 15 is 0 Å². The summed E-state index contributed by atoms with van der Waals surface area (Å²) in [4.78, 5) is 4.41. The van der Waals surface area contributed by atoms with Gasteiger partial charge < -0.3 is 0 Å². The monoisotopic (exact) mass is 294 g/mol. The first-order valence-corrected chi connectivity index (χ1v) is 7.93. The fourth-order valence-corrected chi connectivity index (χ4v) is 3.97. The highest BCUT2D eigenvalue weighted by atomic mass is 32.2. The van der Waals surface area contributed by atoms with E-state index in [2.05, 4.69) is 21.3 Å². The van der Waals surface area contributed by atoms with E-state index in [-0.39, 0.29) is 0 Å². The first-order valence-electron chi connectivity index (χ1n) is 5.07. The number of pyridine rings is 1. The Kier molecular flexibility index (Phi) is 4.22. The molecule has 0 spiro atoms. The molecule has 4 nitrogen and oxygen atoms in total. The molecule has 0 amide bonds. The van der Waals surface area contributed by atoms with Crippen LogP contribution in [0.1, 0.15) is 16.8 Å². The van der Waals surface area contributed by atoms with Crippen molar-refractivity contribution in [3.05, 3.63) is 22.9 Å². The van der Waals surface area contributed by atoms with Crippen molar-refractivity contribution in [2.75, 3.05) is 6.26 Å². The Morgan fingerprint density at radius 1 is 1.28 bits per heavy atom. The maximum Gasteiger partial charge on any atom is 0.181 e. The first kappa shape index (κ1) is 13.3. The van der Waals surface area contributed by atoms with Gasteiger partial charge in [0.25, 0.3) is 0 Å². The van der Waals surface area contributed by atoms with E-state index in [9.17, 15) is 5.26 Å². The van der Waals surface area contributed by atoms with Crippen LogP contribution in [0.25, 0.3) is 0 Å². The van der Waals surface area contributed by atoms with Crippen LogP contribution in [0.4, 0.5) is 0 Å². The van der Waals surface area contributed by atoms with E-state index in [4.69, 9.17) is 0 Å². The molecule has 2 aromatic rings. The predicted molar refractivity (Wildman–Crippen MR) is 74.2 cm³/mol. The molecule has 7 heteroatoms. The lowest BCUT2D eigenvalue weighted by atomic mass is 10.1. The molecule has 2 heterocycles. The molecule has 0 bridgehead atoms. The molecular weight excluding hydrogens is 284 g/mol. The molecule has 18 heavy (non-hydrogen) atoms. The molecular formula is C11H10N4S3. The Bertz CT molecular complexity index is 615. The van der Waals surface area contributed by atoms with Crippen molar-refractivity contribution in [2.45, 2.75) is 27.6 Å². The average molecular weight is 294 g/mol. The fraction of sp³-hybridized carbons (Fsp3) is 0.273. The van der Waals surface area contributed by atoms with Crippen molar-refractivity contribution in [1.29, 1.82) is 5.26 Å². The molecule has 0 fully saturated rings. The zero-order valence-electron chi connectivity index (χ0n) is 10.1. The quantitative estimate of drug-likeness (QED) is 0.809. The molecule has 2 aromatic heterocycles. The van der Waals surface area contributed by atoms with E-state index in [0.29, 0.717) is 10.6 Å². The largest absolute Gasteiger partial charge is 0.245 e. The number of aromatic nitrogens is 3. The van der Waals surface area contributed by atoms with Crippen molar-refractivity contribution in [3.63, 3.8) is 0 Å². The number of nitriles is 1. The molecule has 0 atom stereocenters. The van der Waals surface area contributed by atoms with E-state index in [1.165, 1.54) is 23.1 Å². The second-order valence-corrected chi connectivity index (χ2v) is 6.78. The van der Waals surface area contributed by atoms with E-state index in [1.54, 1.807) is 11.8 Å². The van der Waals surface area contributed by atoms with Gasteiger partial charge in [0.2, 0.25) is 0 Å². The van der Waals surface area contributed by atoms with E-state index < -0.39 is 0 Å². The van der Waals surface area contributed by atoms with Crippen LogP contribution < -0.4 is 0 Å². The summed E-state index contributed by atoms with van der Waals surface area (Å²) in [5.41, 5.74) is 2.47. The van der Waals surface area contributed by atoms with Crippen molar-refractivity contribution in [1.82, 2.24) is 15.2 Å². The van der Waals surface area contributed by atoms with Gasteiger partial charge in [0.1, 0.15) is 11.1 Å². The second-order valence-electron chi connectivity index (χ2n) is 3.51. The first-order chi connectivity index (χ1) is 8.63. The van der Waals surface area contributed by atoms with Crippen molar-refractivity contribution >= 4 is 34.9 Å². The van der Waals surface area contributed by atoms with Crippen molar-refractivity contribution < 1.29 is 0 Å². The Hall–Kier alpha value is -1.10. The van der Waals surface area contributed by atoms with Crippen molar-refractivity contribution in [2.24, 2.45) is 0 Å². The molecule has 2 rings (SSSR count). The van der Waals surface area contributed by atoms with Crippen LogP contribution in [-0.2, 0) is 0 Å². The summed E-state index contributed by atoms with van der Waals surface area (Å²) in [6.07, 6.45) is 1.96. The summed E-state index contributed by atoms with van der Waals surface area (Å²) < 4.78 is 1.73. The standard InChI is InChI=1S/C11H10N4S3/c1-6-4-7(2)13-9(8(6)5-12)17-11-15-14-10(16-3)18-11/h4H,1-3H3. The number of hydrogen-bond donors (Lipinski definition) is 0. The van der Waals surface area contributed by atoms with Gasteiger partial charge >= 0.3 is 0 Å². The van der Waals surface area contributed by atoms with Gasteiger partial charge in [-0.25, -0.2) is 4.98 Å². The van der Waals surface area contributed by atoms with Crippen LogP contribution in [0.5, 0.6) is 0 Å². The fourth-order valence-electron chi connectivity index (χ4n) is 1.42. The van der Waals surface area contributed by atoms with Gasteiger partial charge in [0, 0.05) is 5.69 Å². The lowest BCUT2D eigenvalue weighted by Crippen LogP contribution is -1.93. The molecule has 0 N–H and O–H groups in total. The number of thioether (sulfide) groups is 1. The molecule has 0 aromatic carbocycles. The predicted octanol–water partition coefficient (Wildman–Crippen LogP) is 3.29. The molecule has 0 aliphatic rings. The maximum atomic E-state index is 9.18. The van der Waals surface area contributed by atoms with Gasteiger partial charge in [0.05, 0.1) is 5.56 Å². The van der Waals surface area contributed by atoms with Crippen molar-refractivity contribution in [3.8, 4) is 6.07 Å². The van der Waals surface area contributed by atoms with Crippen LogP contribution in [0.15, 0.2) is 19.8 Å². The third-order valence-corrected chi connectivity index (χ3v) is 5.11. The number of rotatable bonds is 3. The topological polar surface area (TPSA) is 62.5 Å². The smallest absolute Gasteiger partial charge is 0.181 e. The molecule has 0 saturated carbocycles. The molecule has 0 aliphatic heterocycles. The Balaban J connectivity index is 2.36. The van der Waals surface area contributed by atoms with Gasteiger partial charge in [-0.2, -0.15) is 5.26 Å². The van der Waals surface area contributed by atoms with Crippen LogP contribution in [0.2, 0.25) is 0 Å². The highest BCUT2D eigenvalue weighted by molar-refractivity contribution is 8.03. The van der Waals surface area contributed by atoms with Crippen LogP contribution in [-0.4, -0.2) is 21.4 Å². The lowest BCUT2D eigenvalue weighted by Gasteiger charge is -2.04. The molecule has 0 radical (unpaired) electrons. The summed E-state index contributed by atoms with van der Waals surface area (Å²) in [6.45, 7) is 3.84. The molecule has 92 valence electrons. The Labute approximate surface area is 118 Å². The summed E-state index contributed by atoms with van der Waals surface area (Å²) in [6, 6.07) is 4.11. The zero-order valence-corrected chi connectivity index (χ0v) is 12.5. The number of nitrogens with zero attached hydrogens (tertiary/aromatic N) is 4. The summed E-state index contributed by atoms with van der Waals surface area (Å²) in [5.74, 6) is 0. The highest BCUT2D eigenvalue weighted by Gasteiger charge is 2.13. The molecule has 0 unspecified atom stereocenters. The second kappa shape index (κ2) is 5.69. The maximum absolute atomic E-state index is 9.18. The average Bonchev–Trinajstić information content (AvgIpc) is 2.76. The van der Waals surface area contributed by atoms with Gasteiger partial charge in [-0.05, 0) is 43.5 Å². The Morgan fingerprint density at radius 3 is 2.61 bits per heavy atom. The van der Waals surface area contributed by atoms with E-state index in [0.717, 1.165) is 19.9 Å². The summed E-state index contributed by atoms with van der Waals surface area (Å²) in [7, 11) is 0. The minimum Gasteiger partial charge on any atom is -0.245 e. The van der Waals surface area contributed by atoms with Gasteiger partial charge in [-0.3, -0.25) is 0 Å². The van der Waals surface area contributed by atoms with Crippen LogP contribution in [0.3, 0.4) is 0 Å². The number of aryl methyl sites for hydroxylation is 2. The van der Waals surface area contributed by atoms with E-state index in [1.807, 2.05) is 26.2 Å². The SMILES string of the molecule is CSc1nnc(Sc2nc(C)cc(C)c2C#N)s1. The minimum atomic E-state index is 0.617. The summed E-state index contributed by atoms with van der Waals surface area (Å²) >= 11 is 4.48. The summed E-state index contributed by atoms with van der Waals surface area (Å²) in [5, 5.41) is 18.0. The minimum absolute atomic E-state index is 0.617. The molecule has 0 saturated heterocycles. The third-order valence-electron chi connectivity index (χ3n) is 2.17. The lowest BCUT2D eigenvalue weighted by molar-refractivity contribution is 0.950. The number of hydrogen-bond acceptors (Lipinski definition) is 7. The third kappa shape index (κ3) is 2.83. The van der Waals surface area contributed by atoms with Gasteiger partial charge in [-0.1, -0.05) is 23.1 Å². The highest BCUT2D eigenvalue weighted by Crippen LogP contribution is 2.34. The van der Waals surface area contributed by atoms with Gasteiger partial charge in [-0.15, -0.1) is 10.2 Å². The van der Waals surface area contributed by atoms with Crippen LogP contribution in [0, 0.1) is 25.2 Å². The van der Waals surface area contributed by atoms with Crippen LogP contribution >= 0.6 is 34.9 Å². The normalized spacial score (nSPS) is 10.3. The molecule has 0 aliphatic carbocycles. The zero-order chi connectivity index (χ0) is 13.1. The Morgan fingerprint density at radius 2 is 2.00 bits per heavy atom. The van der Waals surface area contributed by atoms with Gasteiger partial charge in [0.15, 0.2) is 8.68 Å².